The zero-order chi connectivity index (χ0) is 11.1. The normalized spacial score (nSPS) is 29.9. The van der Waals surface area contributed by atoms with Crippen molar-refractivity contribution in [2.24, 2.45) is 11.1 Å². The Balaban J connectivity index is 1.89. The van der Waals surface area contributed by atoms with Gasteiger partial charge >= 0.3 is 0 Å². The third kappa shape index (κ3) is 2.71. The van der Waals surface area contributed by atoms with E-state index in [1.807, 2.05) is 0 Å². The molecule has 1 atom stereocenters. The smallest absolute Gasteiger partial charge is 0.148 e. The van der Waals surface area contributed by atoms with Crippen molar-refractivity contribution in [2.45, 2.75) is 25.3 Å². The third-order valence-electron chi connectivity index (χ3n) is 3.60. The van der Waals surface area contributed by atoms with Crippen molar-refractivity contribution < 1.29 is 8.42 Å². The Morgan fingerprint density at radius 2 is 2.13 bits per heavy atom. The van der Waals surface area contributed by atoms with Crippen LogP contribution in [0.3, 0.4) is 0 Å². The number of likely N-dealkylation sites (tertiary alicyclic amines) is 1. The van der Waals surface area contributed by atoms with Crippen molar-refractivity contribution in [1.29, 1.82) is 0 Å². The first-order chi connectivity index (χ1) is 6.94. The minimum absolute atomic E-state index is 0.0709. The molecule has 2 fully saturated rings. The molecule has 2 N–H and O–H groups in total. The lowest BCUT2D eigenvalue weighted by molar-refractivity contribution is 0.0753. The highest BCUT2D eigenvalue weighted by molar-refractivity contribution is 7.90. The Labute approximate surface area is 91.7 Å². The lowest BCUT2D eigenvalue weighted by Crippen LogP contribution is -2.54. The highest BCUT2D eigenvalue weighted by Gasteiger charge is 2.48. The highest BCUT2D eigenvalue weighted by atomic mass is 32.2. The van der Waals surface area contributed by atoms with Crippen molar-refractivity contribution in [3.63, 3.8) is 0 Å². The quantitative estimate of drug-likeness (QED) is 0.715. The van der Waals surface area contributed by atoms with E-state index >= 15 is 0 Å². The molecule has 0 aromatic carbocycles. The van der Waals surface area contributed by atoms with Gasteiger partial charge in [-0.25, -0.2) is 8.42 Å². The molecule has 0 aromatic rings. The average molecular weight is 232 g/mol. The molecule has 88 valence electrons. The molecule has 15 heavy (non-hydrogen) atoms. The van der Waals surface area contributed by atoms with Gasteiger partial charge in [-0.15, -0.1) is 0 Å². The fourth-order valence-electron chi connectivity index (χ4n) is 2.48. The maximum absolute atomic E-state index is 11.3. The van der Waals surface area contributed by atoms with Gasteiger partial charge in [-0.3, -0.25) is 4.90 Å². The summed E-state index contributed by atoms with van der Waals surface area (Å²) in [4.78, 5) is 2.35. The maximum atomic E-state index is 11.3. The van der Waals surface area contributed by atoms with Crippen LogP contribution in [0.2, 0.25) is 0 Å². The molecule has 1 saturated carbocycles. The number of nitrogens with two attached hydrogens (primary N) is 1. The molecule has 0 spiro atoms. The van der Waals surface area contributed by atoms with Gasteiger partial charge in [0.05, 0.1) is 5.75 Å². The maximum Gasteiger partial charge on any atom is 0.148 e. The lowest BCUT2D eigenvalue weighted by Gasteiger charge is -2.42. The number of hydrogen-bond donors (Lipinski definition) is 1. The second-order valence-corrected chi connectivity index (χ2v) is 7.36. The summed E-state index contributed by atoms with van der Waals surface area (Å²) in [7, 11) is -2.83. The number of hydrogen-bond acceptors (Lipinski definition) is 4. The van der Waals surface area contributed by atoms with Gasteiger partial charge < -0.3 is 5.73 Å². The summed E-state index contributed by atoms with van der Waals surface area (Å²) < 4.78 is 22.6. The van der Waals surface area contributed by atoms with E-state index in [-0.39, 0.29) is 5.41 Å². The van der Waals surface area contributed by atoms with Crippen LogP contribution in [0.5, 0.6) is 0 Å². The molecule has 1 unspecified atom stereocenters. The minimum atomic E-state index is -2.83. The van der Waals surface area contributed by atoms with Crippen LogP contribution in [0, 0.1) is 5.41 Å². The van der Waals surface area contributed by atoms with Crippen LogP contribution in [-0.4, -0.2) is 51.0 Å². The van der Waals surface area contributed by atoms with Crippen molar-refractivity contribution in [3.8, 4) is 0 Å². The Morgan fingerprint density at radius 3 is 2.47 bits per heavy atom. The zero-order valence-corrected chi connectivity index (χ0v) is 10.1. The molecule has 1 saturated heterocycles. The van der Waals surface area contributed by atoms with Gasteiger partial charge in [-0.05, 0) is 24.7 Å². The van der Waals surface area contributed by atoms with Crippen LogP contribution in [-0.2, 0) is 9.84 Å². The van der Waals surface area contributed by atoms with Gasteiger partial charge in [0, 0.05) is 31.9 Å². The van der Waals surface area contributed by atoms with E-state index in [1.54, 1.807) is 0 Å². The molecule has 1 heterocycles. The monoisotopic (exact) mass is 232 g/mol. The first-order valence-corrected chi connectivity index (χ1v) is 7.62. The summed E-state index contributed by atoms with van der Waals surface area (Å²) in [5.74, 6) is 0.355. The predicted octanol–water partition coefficient (Wildman–Crippen LogP) is -0.156. The molecule has 4 nitrogen and oxygen atoms in total. The topological polar surface area (TPSA) is 63.4 Å². The summed E-state index contributed by atoms with van der Waals surface area (Å²) in [5.41, 5.74) is 5.70. The van der Waals surface area contributed by atoms with Crippen LogP contribution < -0.4 is 5.73 Å². The van der Waals surface area contributed by atoms with Gasteiger partial charge in [0.2, 0.25) is 0 Å². The van der Waals surface area contributed by atoms with E-state index in [0.29, 0.717) is 18.3 Å². The van der Waals surface area contributed by atoms with Crippen LogP contribution in [0.25, 0.3) is 0 Å². The van der Waals surface area contributed by atoms with E-state index < -0.39 is 9.84 Å². The second kappa shape index (κ2) is 3.71. The first-order valence-electron chi connectivity index (χ1n) is 5.56. The standard InChI is InChI=1S/C10H20N2O2S/c1-15(13,14)8-10(3-4-10)7-12-5-2-9(12)6-11/h9H,2-8,11H2,1H3. The van der Waals surface area contributed by atoms with E-state index in [4.69, 9.17) is 5.73 Å². The van der Waals surface area contributed by atoms with Crippen molar-refractivity contribution in [3.05, 3.63) is 0 Å². The fourth-order valence-corrected chi connectivity index (χ4v) is 3.97. The van der Waals surface area contributed by atoms with E-state index in [0.717, 1.165) is 25.9 Å². The Bertz CT molecular complexity index is 333. The van der Waals surface area contributed by atoms with E-state index in [2.05, 4.69) is 4.90 Å². The van der Waals surface area contributed by atoms with Crippen LogP contribution in [0.1, 0.15) is 19.3 Å². The SMILES string of the molecule is CS(=O)(=O)CC1(CN2CCC2CN)CC1. The molecule has 0 bridgehead atoms. The van der Waals surface area contributed by atoms with Crippen molar-refractivity contribution >= 4 is 9.84 Å². The Kier molecular flexibility index (Phi) is 2.81. The Morgan fingerprint density at radius 1 is 1.47 bits per heavy atom. The molecule has 5 heteroatoms. The molecular weight excluding hydrogens is 212 g/mol. The molecule has 0 amide bonds. The summed E-state index contributed by atoms with van der Waals surface area (Å²) in [6.45, 7) is 2.73. The number of sulfone groups is 1. The van der Waals surface area contributed by atoms with Gasteiger partial charge in [0.25, 0.3) is 0 Å². The molecule has 0 radical (unpaired) electrons. The van der Waals surface area contributed by atoms with Crippen LogP contribution in [0.4, 0.5) is 0 Å². The predicted molar refractivity (Wildman–Crippen MR) is 60.4 cm³/mol. The molecule has 2 rings (SSSR count). The molecule has 0 aromatic heterocycles. The minimum Gasteiger partial charge on any atom is -0.329 e. The molecule has 2 aliphatic rings. The number of nitrogens with zero attached hydrogens (tertiary/aromatic N) is 1. The summed E-state index contributed by atoms with van der Waals surface area (Å²) in [6, 6.07) is 0.502. The zero-order valence-electron chi connectivity index (χ0n) is 9.28. The summed E-state index contributed by atoms with van der Waals surface area (Å²) in [5, 5.41) is 0. The summed E-state index contributed by atoms with van der Waals surface area (Å²) >= 11 is 0. The second-order valence-electron chi connectivity index (χ2n) is 5.22. The van der Waals surface area contributed by atoms with E-state index in [1.165, 1.54) is 12.7 Å². The first kappa shape index (κ1) is 11.4. The van der Waals surface area contributed by atoms with Crippen molar-refractivity contribution in [2.75, 3.05) is 31.6 Å². The lowest BCUT2D eigenvalue weighted by atomic mass is 9.99. The summed E-state index contributed by atoms with van der Waals surface area (Å²) in [6.07, 6.45) is 4.64. The molecule has 1 aliphatic heterocycles. The van der Waals surface area contributed by atoms with Gasteiger partial charge in [0.15, 0.2) is 0 Å². The average Bonchev–Trinajstić information content (AvgIpc) is 2.77. The van der Waals surface area contributed by atoms with Gasteiger partial charge in [-0.1, -0.05) is 0 Å². The largest absolute Gasteiger partial charge is 0.329 e. The highest BCUT2D eigenvalue weighted by Crippen LogP contribution is 2.48. The van der Waals surface area contributed by atoms with Crippen LogP contribution >= 0.6 is 0 Å². The van der Waals surface area contributed by atoms with E-state index in [9.17, 15) is 8.42 Å². The van der Waals surface area contributed by atoms with Gasteiger partial charge in [0.1, 0.15) is 9.84 Å². The molecule has 1 aliphatic carbocycles. The molecular formula is C10H20N2O2S. The van der Waals surface area contributed by atoms with Crippen molar-refractivity contribution in [1.82, 2.24) is 4.90 Å². The third-order valence-corrected chi connectivity index (χ3v) is 4.74. The number of rotatable bonds is 5. The fraction of sp³-hybridized carbons (Fsp3) is 1.00. The van der Waals surface area contributed by atoms with Crippen LogP contribution in [0.15, 0.2) is 0 Å². The van der Waals surface area contributed by atoms with Gasteiger partial charge in [-0.2, -0.15) is 0 Å². The Hall–Kier alpha value is -0.130.